The molecule has 2 aromatic heterocycles. The second-order valence-corrected chi connectivity index (χ2v) is 9.45. The summed E-state index contributed by atoms with van der Waals surface area (Å²) in [6.07, 6.45) is 3.58. The topological polar surface area (TPSA) is 125 Å². The standard InChI is InChI=1S/C28H33N9O2/c1-3-4-12-36(27-25(18-29-20(2)30-27)28(38)33-37-13-15-39-16-14-37)19-21-10-11-23(22-8-6-5-7-9-22)24(17-21)26-31-34-35-32-26/h5-11,17-18H,3-4,12-16,19H2,1-2H3,(H,33,38)(H,31,32,34,35). The fourth-order valence-corrected chi connectivity index (χ4v) is 4.59. The van der Waals surface area contributed by atoms with Gasteiger partial charge in [0.1, 0.15) is 17.2 Å². The quantitative estimate of drug-likeness (QED) is 0.319. The van der Waals surface area contributed by atoms with E-state index < -0.39 is 0 Å². The number of aromatic nitrogens is 6. The predicted octanol–water partition coefficient (Wildman–Crippen LogP) is 3.42. The molecule has 0 radical (unpaired) electrons. The van der Waals surface area contributed by atoms with Gasteiger partial charge in [-0.15, -0.1) is 10.2 Å². The van der Waals surface area contributed by atoms with Crippen molar-refractivity contribution in [3.05, 3.63) is 71.7 Å². The summed E-state index contributed by atoms with van der Waals surface area (Å²) < 4.78 is 5.41. The highest BCUT2D eigenvalue weighted by atomic mass is 16.5. The minimum Gasteiger partial charge on any atom is -0.379 e. The van der Waals surface area contributed by atoms with E-state index in [1.807, 2.05) is 30.1 Å². The molecule has 0 bridgehead atoms. The van der Waals surface area contributed by atoms with Crippen molar-refractivity contribution in [3.8, 4) is 22.5 Å². The van der Waals surface area contributed by atoms with Crippen LogP contribution < -0.4 is 10.3 Å². The average Bonchev–Trinajstić information content (AvgIpc) is 3.51. The number of carbonyl (C=O) groups is 1. The van der Waals surface area contributed by atoms with E-state index in [4.69, 9.17) is 9.72 Å². The van der Waals surface area contributed by atoms with Gasteiger partial charge in [-0.2, -0.15) is 5.21 Å². The molecule has 11 heteroatoms. The van der Waals surface area contributed by atoms with E-state index >= 15 is 0 Å². The lowest BCUT2D eigenvalue weighted by Gasteiger charge is -2.29. The van der Waals surface area contributed by atoms with Crippen LogP contribution in [0.2, 0.25) is 0 Å². The van der Waals surface area contributed by atoms with E-state index in [1.54, 1.807) is 6.20 Å². The molecule has 4 aromatic rings. The Kier molecular flexibility index (Phi) is 8.49. The fourth-order valence-electron chi connectivity index (χ4n) is 4.59. The van der Waals surface area contributed by atoms with Crippen molar-refractivity contribution in [2.45, 2.75) is 33.2 Å². The molecule has 0 aliphatic carbocycles. The molecule has 5 rings (SSSR count). The highest BCUT2D eigenvalue weighted by Gasteiger charge is 2.23. The van der Waals surface area contributed by atoms with Crippen molar-refractivity contribution in [3.63, 3.8) is 0 Å². The maximum absolute atomic E-state index is 13.4. The lowest BCUT2D eigenvalue weighted by molar-refractivity contribution is 0.0126. The molecule has 1 aliphatic rings. The number of ether oxygens (including phenoxy) is 1. The number of carbonyl (C=O) groups excluding carboxylic acids is 1. The fraction of sp³-hybridized carbons (Fsp3) is 0.357. The number of nitrogens with one attached hydrogen (secondary N) is 2. The molecule has 2 N–H and O–H groups in total. The number of aromatic amines is 1. The van der Waals surface area contributed by atoms with Crippen LogP contribution in [0.3, 0.4) is 0 Å². The summed E-state index contributed by atoms with van der Waals surface area (Å²) >= 11 is 0. The number of anilines is 1. The van der Waals surface area contributed by atoms with E-state index in [0.29, 0.717) is 55.9 Å². The van der Waals surface area contributed by atoms with Crippen molar-refractivity contribution in [2.24, 2.45) is 0 Å². The van der Waals surface area contributed by atoms with Gasteiger partial charge in [0.15, 0.2) is 0 Å². The largest absolute Gasteiger partial charge is 0.379 e. The third kappa shape index (κ3) is 6.44. The molecular weight excluding hydrogens is 494 g/mol. The normalized spacial score (nSPS) is 13.8. The number of unbranched alkanes of at least 4 members (excludes halogenated alkanes) is 1. The molecule has 0 unspecified atom stereocenters. The summed E-state index contributed by atoms with van der Waals surface area (Å²) in [5.74, 6) is 1.54. The summed E-state index contributed by atoms with van der Waals surface area (Å²) in [7, 11) is 0. The Balaban J connectivity index is 1.48. The lowest BCUT2D eigenvalue weighted by atomic mass is 9.97. The van der Waals surface area contributed by atoms with Crippen molar-refractivity contribution in [2.75, 3.05) is 37.7 Å². The molecule has 39 heavy (non-hydrogen) atoms. The molecule has 3 heterocycles. The van der Waals surface area contributed by atoms with Gasteiger partial charge >= 0.3 is 0 Å². The van der Waals surface area contributed by atoms with Crippen LogP contribution in [0.5, 0.6) is 0 Å². The summed E-state index contributed by atoms with van der Waals surface area (Å²) in [5.41, 5.74) is 7.46. The van der Waals surface area contributed by atoms with Crippen LogP contribution in [0, 0.1) is 6.92 Å². The van der Waals surface area contributed by atoms with Crippen LogP contribution in [-0.4, -0.2) is 74.4 Å². The monoisotopic (exact) mass is 527 g/mol. The van der Waals surface area contributed by atoms with E-state index in [0.717, 1.165) is 41.6 Å². The molecule has 11 nitrogen and oxygen atoms in total. The van der Waals surface area contributed by atoms with Gasteiger partial charge in [0, 0.05) is 37.9 Å². The SMILES string of the molecule is CCCCN(Cc1ccc(-c2ccccc2)c(-c2nn[nH]n2)c1)c1nc(C)ncc1C(=O)NN1CCOCC1. The molecule has 1 saturated heterocycles. The van der Waals surface area contributed by atoms with E-state index in [2.05, 4.69) is 73.2 Å². The number of hydrogen-bond acceptors (Lipinski definition) is 9. The Bertz CT molecular complexity index is 1370. The van der Waals surface area contributed by atoms with Crippen molar-refractivity contribution in [1.82, 2.24) is 41.0 Å². The smallest absolute Gasteiger partial charge is 0.270 e. The molecule has 0 spiro atoms. The van der Waals surface area contributed by atoms with Crippen LogP contribution in [0.15, 0.2) is 54.7 Å². The number of hydrazine groups is 1. The lowest BCUT2D eigenvalue weighted by Crippen LogP contribution is -2.48. The Labute approximate surface area is 227 Å². The third-order valence-corrected chi connectivity index (χ3v) is 6.61. The zero-order chi connectivity index (χ0) is 27.0. The summed E-state index contributed by atoms with van der Waals surface area (Å²) in [6.45, 7) is 7.73. The Morgan fingerprint density at radius 1 is 1.13 bits per heavy atom. The predicted molar refractivity (Wildman–Crippen MR) is 148 cm³/mol. The second kappa shape index (κ2) is 12.5. The van der Waals surface area contributed by atoms with Crippen LogP contribution in [0.1, 0.15) is 41.5 Å². The minimum absolute atomic E-state index is 0.222. The first-order chi connectivity index (χ1) is 19.1. The second-order valence-electron chi connectivity index (χ2n) is 9.45. The zero-order valence-corrected chi connectivity index (χ0v) is 22.3. The minimum atomic E-state index is -0.222. The van der Waals surface area contributed by atoms with Gasteiger partial charge in [-0.25, -0.2) is 15.0 Å². The molecule has 202 valence electrons. The van der Waals surface area contributed by atoms with E-state index in [9.17, 15) is 4.79 Å². The van der Waals surface area contributed by atoms with E-state index in [1.165, 1.54) is 0 Å². The summed E-state index contributed by atoms with van der Waals surface area (Å²) in [6, 6.07) is 16.4. The van der Waals surface area contributed by atoms with Gasteiger partial charge < -0.3 is 9.64 Å². The van der Waals surface area contributed by atoms with Crippen LogP contribution in [0.25, 0.3) is 22.5 Å². The summed E-state index contributed by atoms with van der Waals surface area (Å²) in [4.78, 5) is 24.6. The molecule has 1 amide bonds. The molecule has 0 atom stereocenters. The first kappa shape index (κ1) is 26.4. The van der Waals surface area contributed by atoms with Crippen LogP contribution >= 0.6 is 0 Å². The molecule has 1 fully saturated rings. The number of nitrogens with zero attached hydrogens (tertiary/aromatic N) is 7. The number of hydrogen-bond donors (Lipinski definition) is 2. The first-order valence-electron chi connectivity index (χ1n) is 13.3. The average molecular weight is 528 g/mol. The van der Waals surface area contributed by atoms with Gasteiger partial charge in [-0.1, -0.05) is 55.8 Å². The highest BCUT2D eigenvalue weighted by Crippen LogP contribution is 2.32. The van der Waals surface area contributed by atoms with Crippen molar-refractivity contribution >= 4 is 11.7 Å². The van der Waals surface area contributed by atoms with Gasteiger partial charge in [0.2, 0.25) is 5.82 Å². The Morgan fingerprint density at radius 3 is 2.69 bits per heavy atom. The Morgan fingerprint density at radius 2 is 1.95 bits per heavy atom. The third-order valence-electron chi connectivity index (χ3n) is 6.61. The van der Waals surface area contributed by atoms with Crippen LogP contribution in [0.4, 0.5) is 5.82 Å². The van der Waals surface area contributed by atoms with E-state index in [-0.39, 0.29) is 5.91 Å². The van der Waals surface area contributed by atoms with Crippen molar-refractivity contribution < 1.29 is 9.53 Å². The maximum atomic E-state index is 13.4. The highest BCUT2D eigenvalue weighted by molar-refractivity contribution is 5.98. The Hall–Kier alpha value is -4.22. The first-order valence-corrected chi connectivity index (χ1v) is 13.3. The number of amides is 1. The number of benzene rings is 2. The van der Waals surface area contributed by atoms with Crippen molar-refractivity contribution in [1.29, 1.82) is 0 Å². The molecule has 2 aromatic carbocycles. The number of aryl methyl sites for hydroxylation is 1. The molecule has 0 saturated carbocycles. The van der Waals surface area contributed by atoms with Gasteiger partial charge in [-0.3, -0.25) is 10.2 Å². The number of morpholine rings is 1. The maximum Gasteiger partial charge on any atom is 0.270 e. The van der Waals surface area contributed by atoms with Gasteiger partial charge in [0.05, 0.1) is 13.2 Å². The van der Waals surface area contributed by atoms with Gasteiger partial charge in [0.25, 0.3) is 5.91 Å². The number of tetrazole rings is 1. The number of H-pyrrole nitrogens is 1. The van der Waals surface area contributed by atoms with Gasteiger partial charge in [-0.05, 0) is 41.3 Å². The zero-order valence-electron chi connectivity index (χ0n) is 22.3. The molecule has 1 aliphatic heterocycles. The molecular formula is C28H33N9O2. The summed E-state index contributed by atoms with van der Waals surface area (Å²) in [5, 5.41) is 16.7. The number of rotatable bonds is 10. The van der Waals surface area contributed by atoms with Crippen LogP contribution in [-0.2, 0) is 11.3 Å².